The lowest BCUT2D eigenvalue weighted by Gasteiger charge is -2.32. The van der Waals surface area contributed by atoms with E-state index in [9.17, 15) is 9.90 Å². The Bertz CT molecular complexity index is 751. The molecule has 0 aliphatic carbocycles. The van der Waals surface area contributed by atoms with Crippen LogP contribution in [-0.2, 0) is 11.3 Å². The number of phenols is 1. The van der Waals surface area contributed by atoms with E-state index in [1.807, 2.05) is 17.0 Å². The first-order valence-corrected chi connectivity index (χ1v) is 9.02. The molecule has 1 atom stereocenters. The van der Waals surface area contributed by atoms with E-state index in [-0.39, 0.29) is 17.6 Å². The topological polar surface area (TPSA) is 72.5 Å². The van der Waals surface area contributed by atoms with Crippen molar-refractivity contribution in [3.63, 3.8) is 0 Å². The summed E-state index contributed by atoms with van der Waals surface area (Å²) < 4.78 is 0. The van der Waals surface area contributed by atoms with Gasteiger partial charge < -0.3 is 19.9 Å². The number of imidazole rings is 1. The van der Waals surface area contributed by atoms with Gasteiger partial charge in [-0.05, 0) is 43.6 Å². The number of phenolic OH excluding ortho intramolecular Hbond substituents is 1. The van der Waals surface area contributed by atoms with Crippen LogP contribution in [0.5, 0.6) is 5.75 Å². The second kappa shape index (κ2) is 6.88. The third kappa shape index (κ3) is 3.39. The average molecular weight is 340 g/mol. The molecule has 1 saturated heterocycles. The Morgan fingerprint density at radius 1 is 1.32 bits per heavy atom. The molecule has 1 aromatic carbocycles. The quantitative estimate of drug-likeness (QED) is 0.894. The highest BCUT2D eigenvalue weighted by atomic mass is 16.3. The van der Waals surface area contributed by atoms with Crippen molar-refractivity contribution in [3.05, 3.63) is 47.5 Å². The number of hydrogen-bond donors (Lipinski definition) is 2. The number of likely N-dealkylation sites (tertiary alicyclic amines) is 1. The van der Waals surface area contributed by atoms with Gasteiger partial charge >= 0.3 is 0 Å². The normalized spacial score (nSPS) is 20.6. The number of rotatable bonds is 4. The van der Waals surface area contributed by atoms with Crippen molar-refractivity contribution in [2.45, 2.75) is 31.7 Å². The van der Waals surface area contributed by atoms with Crippen LogP contribution in [0.2, 0.25) is 0 Å². The lowest BCUT2D eigenvalue weighted by molar-refractivity contribution is -0.132. The standard InChI is InChI=1S/C19H24N4O2/c24-15-5-3-4-14(10-15)16-11-23(12-17-19(16)21-13-20-17)18(25)6-9-22-7-1-2-8-22/h3-5,10,13,16,24H,1-2,6-9,11-12H2,(H,20,21). The Hall–Kier alpha value is -2.34. The molecular weight excluding hydrogens is 316 g/mol. The molecule has 0 saturated carbocycles. The summed E-state index contributed by atoms with van der Waals surface area (Å²) in [4.78, 5) is 24.7. The van der Waals surface area contributed by atoms with Crippen LogP contribution in [0.15, 0.2) is 30.6 Å². The van der Waals surface area contributed by atoms with E-state index in [0.717, 1.165) is 36.6 Å². The fourth-order valence-corrected chi connectivity index (χ4v) is 3.93. The Balaban J connectivity index is 1.50. The van der Waals surface area contributed by atoms with Gasteiger partial charge in [0.15, 0.2) is 0 Å². The van der Waals surface area contributed by atoms with Gasteiger partial charge in [0.05, 0.1) is 24.3 Å². The zero-order chi connectivity index (χ0) is 17.2. The zero-order valence-electron chi connectivity index (χ0n) is 14.3. The molecule has 1 unspecified atom stereocenters. The first-order chi connectivity index (χ1) is 12.2. The Labute approximate surface area is 147 Å². The number of aromatic amines is 1. The minimum atomic E-state index is -0.00200. The zero-order valence-corrected chi connectivity index (χ0v) is 14.3. The largest absolute Gasteiger partial charge is 0.508 e. The van der Waals surface area contributed by atoms with Gasteiger partial charge in [0, 0.05) is 25.4 Å². The molecule has 0 radical (unpaired) electrons. The maximum Gasteiger partial charge on any atom is 0.224 e. The number of aromatic hydroxyl groups is 1. The molecule has 0 bridgehead atoms. The fraction of sp³-hybridized carbons (Fsp3) is 0.474. The molecule has 25 heavy (non-hydrogen) atoms. The van der Waals surface area contributed by atoms with Crippen molar-refractivity contribution in [1.82, 2.24) is 19.8 Å². The molecular formula is C19H24N4O2. The summed E-state index contributed by atoms with van der Waals surface area (Å²) in [6.45, 7) is 4.28. The van der Waals surface area contributed by atoms with Crippen molar-refractivity contribution < 1.29 is 9.90 Å². The van der Waals surface area contributed by atoms with Crippen molar-refractivity contribution >= 4 is 5.91 Å². The van der Waals surface area contributed by atoms with E-state index in [2.05, 4.69) is 14.9 Å². The summed E-state index contributed by atoms with van der Waals surface area (Å²) in [5.74, 6) is 0.433. The van der Waals surface area contributed by atoms with E-state index in [1.54, 1.807) is 18.5 Å². The lowest BCUT2D eigenvalue weighted by Crippen LogP contribution is -2.40. The number of carbonyl (C=O) groups is 1. The van der Waals surface area contributed by atoms with Gasteiger partial charge in [-0.3, -0.25) is 4.79 Å². The molecule has 4 rings (SSSR count). The van der Waals surface area contributed by atoms with E-state index in [0.29, 0.717) is 19.5 Å². The van der Waals surface area contributed by atoms with E-state index < -0.39 is 0 Å². The summed E-state index contributed by atoms with van der Waals surface area (Å²) >= 11 is 0. The van der Waals surface area contributed by atoms with Gasteiger partial charge in [0.25, 0.3) is 0 Å². The van der Waals surface area contributed by atoms with Crippen molar-refractivity contribution in [2.75, 3.05) is 26.2 Å². The summed E-state index contributed by atoms with van der Waals surface area (Å²) in [6, 6.07) is 7.25. The predicted molar refractivity (Wildman–Crippen MR) is 94.2 cm³/mol. The number of H-pyrrole nitrogens is 1. The molecule has 2 N–H and O–H groups in total. The van der Waals surface area contributed by atoms with E-state index >= 15 is 0 Å². The number of benzene rings is 1. The minimum absolute atomic E-state index is 0.00200. The van der Waals surface area contributed by atoms with Gasteiger partial charge in [0.1, 0.15) is 5.75 Å². The van der Waals surface area contributed by atoms with Crippen LogP contribution >= 0.6 is 0 Å². The molecule has 3 heterocycles. The van der Waals surface area contributed by atoms with Crippen LogP contribution in [0.3, 0.4) is 0 Å². The number of nitrogens with one attached hydrogen (secondary N) is 1. The van der Waals surface area contributed by atoms with Crippen molar-refractivity contribution in [2.24, 2.45) is 0 Å². The first kappa shape index (κ1) is 16.1. The van der Waals surface area contributed by atoms with Gasteiger partial charge in [-0.2, -0.15) is 0 Å². The van der Waals surface area contributed by atoms with Crippen molar-refractivity contribution in [1.29, 1.82) is 0 Å². The lowest BCUT2D eigenvalue weighted by atomic mass is 9.90. The fourth-order valence-electron chi connectivity index (χ4n) is 3.93. The number of fused-ring (bicyclic) bond motifs is 1. The summed E-state index contributed by atoms with van der Waals surface area (Å²) in [6.07, 6.45) is 4.75. The monoisotopic (exact) mass is 340 g/mol. The van der Waals surface area contributed by atoms with E-state index in [1.165, 1.54) is 12.8 Å². The maximum absolute atomic E-state index is 12.7. The molecule has 2 aromatic rings. The van der Waals surface area contributed by atoms with Gasteiger partial charge in [-0.1, -0.05) is 12.1 Å². The highest BCUT2D eigenvalue weighted by molar-refractivity contribution is 5.77. The first-order valence-electron chi connectivity index (χ1n) is 9.02. The molecule has 0 spiro atoms. The van der Waals surface area contributed by atoms with Gasteiger partial charge in [-0.25, -0.2) is 4.98 Å². The molecule has 1 amide bonds. The maximum atomic E-state index is 12.7. The number of carbonyl (C=O) groups excluding carboxylic acids is 1. The summed E-state index contributed by atoms with van der Waals surface area (Å²) in [5.41, 5.74) is 2.97. The Morgan fingerprint density at radius 2 is 2.16 bits per heavy atom. The molecule has 2 aliphatic heterocycles. The Morgan fingerprint density at radius 3 is 2.96 bits per heavy atom. The minimum Gasteiger partial charge on any atom is -0.508 e. The number of aromatic nitrogens is 2. The van der Waals surface area contributed by atoms with Crippen molar-refractivity contribution in [3.8, 4) is 5.75 Å². The summed E-state index contributed by atoms with van der Waals surface area (Å²) in [5, 5.41) is 9.81. The third-order valence-electron chi connectivity index (χ3n) is 5.30. The number of hydrogen-bond acceptors (Lipinski definition) is 4. The SMILES string of the molecule is O=C(CCN1CCCC1)N1Cc2[nH]cnc2C(c2cccc(O)c2)C1. The highest BCUT2D eigenvalue weighted by Crippen LogP contribution is 2.33. The second-order valence-electron chi connectivity index (χ2n) is 6.99. The number of nitrogens with zero attached hydrogens (tertiary/aromatic N) is 3. The van der Waals surface area contributed by atoms with E-state index in [4.69, 9.17) is 0 Å². The van der Waals surface area contributed by atoms with Crippen LogP contribution in [0.1, 0.15) is 42.1 Å². The van der Waals surface area contributed by atoms with Crippen LogP contribution in [0.25, 0.3) is 0 Å². The van der Waals surface area contributed by atoms with Gasteiger partial charge in [-0.15, -0.1) is 0 Å². The van der Waals surface area contributed by atoms with Crippen LogP contribution < -0.4 is 0 Å². The second-order valence-corrected chi connectivity index (χ2v) is 6.99. The molecule has 1 aromatic heterocycles. The molecule has 1 fully saturated rings. The Kier molecular flexibility index (Phi) is 4.44. The third-order valence-corrected chi connectivity index (χ3v) is 5.30. The van der Waals surface area contributed by atoms with Gasteiger partial charge in [0.2, 0.25) is 5.91 Å². The highest BCUT2D eigenvalue weighted by Gasteiger charge is 2.31. The molecule has 2 aliphatic rings. The van der Waals surface area contributed by atoms with Crippen LogP contribution in [-0.4, -0.2) is 57.0 Å². The smallest absolute Gasteiger partial charge is 0.224 e. The predicted octanol–water partition coefficient (Wildman–Crippen LogP) is 2.08. The molecule has 132 valence electrons. The summed E-state index contributed by atoms with van der Waals surface area (Å²) in [7, 11) is 0. The number of amides is 1. The average Bonchev–Trinajstić information content (AvgIpc) is 3.30. The van der Waals surface area contributed by atoms with Crippen LogP contribution in [0, 0.1) is 0 Å². The van der Waals surface area contributed by atoms with Crippen LogP contribution in [0.4, 0.5) is 0 Å². The molecule has 6 nitrogen and oxygen atoms in total. The molecule has 6 heteroatoms.